The van der Waals surface area contributed by atoms with Gasteiger partial charge in [0.25, 0.3) is 5.91 Å². The van der Waals surface area contributed by atoms with Crippen molar-refractivity contribution in [3.63, 3.8) is 0 Å². The number of nitrogens with one attached hydrogen (secondary N) is 1. The van der Waals surface area contributed by atoms with Crippen molar-refractivity contribution in [3.05, 3.63) is 24.3 Å². The number of nitrogens with zero attached hydrogens (tertiary/aromatic N) is 2. The van der Waals surface area contributed by atoms with Crippen molar-refractivity contribution in [2.75, 3.05) is 49.6 Å². The smallest absolute Gasteiger partial charge is 0.253 e. The van der Waals surface area contributed by atoms with Crippen LogP contribution in [0, 0.1) is 11.8 Å². The molecule has 4 rings (SSSR count). The molecular weight excluding hydrogens is 368 g/mol. The minimum Gasteiger partial charge on any atom is -0.370 e. The lowest BCUT2D eigenvalue weighted by Crippen LogP contribution is -2.51. The maximum Gasteiger partial charge on any atom is 0.253 e. The Morgan fingerprint density at radius 3 is 2.41 bits per heavy atom. The Labute approximate surface area is 172 Å². The molecule has 0 spiro atoms. The van der Waals surface area contributed by atoms with Crippen molar-refractivity contribution < 1.29 is 14.3 Å². The Morgan fingerprint density at radius 1 is 1.17 bits per heavy atom. The average Bonchev–Trinajstić information content (AvgIpc) is 3.50. The molecule has 1 aromatic rings. The van der Waals surface area contributed by atoms with E-state index in [0.717, 1.165) is 30.4 Å². The molecule has 0 radical (unpaired) electrons. The second kappa shape index (κ2) is 9.24. The SMILES string of the molecule is NC[C@@H](C(=O)Nc1ccc(N2CCOCC2=O)cc1)N(CC1CCC1)CC1CC1. The Bertz CT molecular complexity index is 715. The number of carbonyl (C=O) groups excluding carboxylic acids is 2. The molecule has 2 amide bonds. The molecule has 1 heterocycles. The molecule has 3 aliphatic rings. The van der Waals surface area contributed by atoms with Gasteiger partial charge in [0.1, 0.15) is 12.6 Å². The first-order chi connectivity index (χ1) is 14.1. The van der Waals surface area contributed by atoms with E-state index in [1.54, 1.807) is 4.90 Å². The van der Waals surface area contributed by atoms with Crippen molar-refractivity contribution >= 4 is 23.2 Å². The zero-order valence-corrected chi connectivity index (χ0v) is 17.0. The van der Waals surface area contributed by atoms with E-state index in [2.05, 4.69) is 10.2 Å². The molecule has 29 heavy (non-hydrogen) atoms. The number of amides is 2. The molecule has 7 nitrogen and oxygen atoms in total. The van der Waals surface area contributed by atoms with Crippen molar-refractivity contribution in [1.29, 1.82) is 0 Å². The van der Waals surface area contributed by atoms with Crippen molar-refractivity contribution in [3.8, 4) is 0 Å². The van der Waals surface area contributed by atoms with Crippen LogP contribution in [0.3, 0.4) is 0 Å². The van der Waals surface area contributed by atoms with Gasteiger partial charge in [0, 0.05) is 37.6 Å². The van der Waals surface area contributed by atoms with E-state index in [1.807, 2.05) is 24.3 Å². The molecule has 158 valence electrons. The third-order valence-electron chi connectivity index (χ3n) is 6.31. The van der Waals surface area contributed by atoms with Gasteiger partial charge >= 0.3 is 0 Å². The van der Waals surface area contributed by atoms with Gasteiger partial charge in [-0.15, -0.1) is 0 Å². The average molecular weight is 401 g/mol. The first kappa shape index (κ1) is 20.3. The van der Waals surface area contributed by atoms with Crippen LogP contribution in [0.15, 0.2) is 24.3 Å². The first-order valence-electron chi connectivity index (χ1n) is 10.9. The number of morpholine rings is 1. The molecule has 0 unspecified atom stereocenters. The van der Waals surface area contributed by atoms with Gasteiger partial charge in [0.15, 0.2) is 0 Å². The fourth-order valence-corrected chi connectivity index (χ4v) is 4.13. The number of hydrogen-bond acceptors (Lipinski definition) is 5. The van der Waals surface area contributed by atoms with Gasteiger partial charge in [0.05, 0.1) is 6.61 Å². The van der Waals surface area contributed by atoms with E-state index in [9.17, 15) is 9.59 Å². The van der Waals surface area contributed by atoms with E-state index in [-0.39, 0.29) is 24.5 Å². The molecule has 0 bridgehead atoms. The van der Waals surface area contributed by atoms with Crippen molar-refractivity contribution in [1.82, 2.24) is 4.90 Å². The molecule has 1 aliphatic heterocycles. The highest BCUT2D eigenvalue weighted by Crippen LogP contribution is 2.33. The number of nitrogens with two attached hydrogens (primary N) is 1. The molecule has 3 N–H and O–H groups in total. The molecule has 2 saturated carbocycles. The summed E-state index contributed by atoms with van der Waals surface area (Å²) in [7, 11) is 0. The lowest BCUT2D eigenvalue weighted by Gasteiger charge is -2.36. The summed E-state index contributed by atoms with van der Waals surface area (Å²) >= 11 is 0. The van der Waals surface area contributed by atoms with Crippen LogP contribution in [-0.2, 0) is 14.3 Å². The summed E-state index contributed by atoms with van der Waals surface area (Å²) in [6.45, 7) is 3.49. The highest BCUT2D eigenvalue weighted by Gasteiger charge is 2.33. The summed E-state index contributed by atoms with van der Waals surface area (Å²) in [5, 5.41) is 3.03. The van der Waals surface area contributed by atoms with Crippen LogP contribution in [0.1, 0.15) is 32.1 Å². The normalized spacial score (nSPS) is 21.2. The molecule has 2 aliphatic carbocycles. The van der Waals surface area contributed by atoms with E-state index in [0.29, 0.717) is 25.6 Å². The molecule has 1 atom stereocenters. The van der Waals surface area contributed by atoms with Gasteiger partial charge in [-0.25, -0.2) is 0 Å². The Balaban J connectivity index is 1.38. The highest BCUT2D eigenvalue weighted by atomic mass is 16.5. The molecule has 3 fully saturated rings. The summed E-state index contributed by atoms with van der Waals surface area (Å²) < 4.78 is 5.18. The van der Waals surface area contributed by atoms with Crippen LogP contribution in [0.2, 0.25) is 0 Å². The highest BCUT2D eigenvalue weighted by molar-refractivity contribution is 5.97. The van der Waals surface area contributed by atoms with Crippen molar-refractivity contribution in [2.45, 2.75) is 38.1 Å². The summed E-state index contributed by atoms with van der Waals surface area (Å²) in [6, 6.07) is 7.14. The minimum atomic E-state index is -0.295. The standard InChI is InChI=1S/C22H32N4O3/c23-12-20(25(14-17-4-5-17)13-16-2-1-3-16)22(28)24-18-6-8-19(9-7-18)26-10-11-29-15-21(26)27/h6-9,16-17,20H,1-5,10-15,23H2,(H,24,28)/t20-/m0/s1. The second-order valence-electron chi connectivity index (χ2n) is 8.58. The van der Waals surface area contributed by atoms with Gasteiger partial charge in [-0.05, 0) is 61.8 Å². The maximum atomic E-state index is 13.0. The molecule has 0 aromatic heterocycles. The lowest BCUT2D eigenvalue weighted by atomic mass is 9.84. The predicted molar refractivity (Wildman–Crippen MR) is 113 cm³/mol. The van der Waals surface area contributed by atoms with Gasteiger partial charge in [-0.2, -0.15) is 0 Å². The largest absolute Gasteiger partial charge is 0.370 e. The number of carbonyl (C=O) groups is 2. The number of anilines is 2. The minimum absolute atomic E-state index is 0.0389. The quantitative estimate of drug-likeness (QED) is 0.660. The van der Waals surface area contributed by atoms with Gasteiger partial charge < -0.3 is 20.7 Å². The summed E-state index contributed by atoms with van der Waals surface area (Å²) in [4.78, 5) is 29.0. The lowest BCUT2D eigenvalue weighted by molar-refractivity contribution is -0.125. The molecular formula is C22H32N4O3. The van der Waals surface area contributed by atoms with Crippen LogP contribution in [-0.4, -0.2) is 62.1 Å². The Hall–Kier alpha value is -1.96. The number of ether oxygens (including phenoxy) is 1. The fourth-order valence-electron chi connectivity index (χ4n) is 4.13. The fraction of sp³-hybridized carbons (Fsp3) is 0.636. The van der Waals surface area contributed by atoms with E-state index < -0.39 is 0 Å². The van der Waals surface area contributed by atoms with Gasteiger partial charge in [0.2, 0.25) is 5.91 Å². The van der Waals surface area contributed by atoms with Crippen LogP contribution in [0.5, 0.6) is 0 Å². The number of benzene rings is 1. The van der Waals surface area contributed by atoms with Crippen molar-refractivity contribution in [2.24, 2.45) is 17.6 Å². The second-order valence-corrected chi connectivity index (χ2v) is 8.58. The predicted octanol–water partition coefficient (Wildman–Crippen LogP) is 1.83. The van der Waals surface area contributed by atoms with Crippen LogP contribution >= 0.6 is 0 Å². The Kier molecular flexibility index (Phi) is 6.47. The van der Waals surface area contributed by atoms with E-state index >= 15 is 0 Å². The topological polar surface area (TPSA) is 87.9 Å². The van der Waals surface area contributed by atoms with Crippen LogP contribution < -0.4 is 16.0 Å². The van der Waals surface area contributed by atoms with Gasteiger partial charge in [-0.3, -0.25) is 14.5 Å². The zero-order valence-electron chi connectivity index (χ0n) is 17.0. The molecule has 1 saturated heterocycles. The van der Waals surface area contributed by atoms with Crippen LogP contribution in [0.25, 0.3) is 0 Å². The third-order valence-corrected chi connectivity index (χ3v) is 6.31. The zero-order chi connectivity index (χ0) is 20.2. The third kappa shape index (κ3) is 5.15. The van der Waals surface area contributed by atoms with Gasteiger partial charge in [-0.1, -0.05) is 6.42 Å². The summed E-state index contributed by atoms with van der Waals surface area (Å²) in [5.41, 5.74) is 7.59. The maximum absolute atomic E-state index is 13.0. The summed E-state index contributed by atoms with van der Waals surface area (Å²) in [5.74, 6) is 1.36. The van der Waals surface area contributed by atoms with E-state index in [4.69, 9.17) is 10.5 Å². The number of hydrogen-bond donors (Lipinski definition) is 2. The molecule has 7 heteroatoms. The number of rotatable bonds is 9. The van der Waals surface area contributed by atoms with E-state index in [1.165, 1.54) is 32.1 Å². The molecule has 1 aromatic carbocycles. The monoisotopic (exact) mass is 400 g/mol. The summed E-state index contributed by atoms with van der Waals surface area (Å²) in [6.07, 6.45) is 6.37. The van der Waals surface area contributed by atoms with Crippen LogP contribution in [0.4, 0.5) is 11.4 Å². The first-order valence-corrected chi connectivity index (χ1v) is 10.9. The Morgan fingerprint density at radius 2 is 1.86 bits per heavy atom.